The highest BCUT2D eigenvalue weighted by molar-refractivity contribution is 8.45. The normalized spacial score (nSPS) is 19.2. The van der Waals surface area contributed by atoms with Gasteiger partial charge in [0.15, 0.2) is 0 Å². The van der Waals surface area contributed by atoms with Gasteiger partial charge in [-0.25, -0.2) is 0 Å². The van der Waals surface area contributed by atoms with Crippen molar-refractivity contribution in [1.82, 2.24) is 0 Å². The van der Waals surface area contributed by atoms with E-state index in [9.17, 15) is 0 Å². The van der Waals surface area contributed by atoms with Crippen molar-refractivity contribution in [3.63, 3.8) is 0 Å². The molecule has 0 rings (SSSR count). The Bertz CT molecular complexity index is 40.7. The van der Waals surface area contributed by atoms with Crippen LogP contribution < -0.4 is 5.14 Å². The van der Waals surface area contributed by atoms with Gasteiger partial charge < -0.3 is 5.14 Å². The summed E-state index contributed by atoms with van der Waals surface area (Å²) in [6.07, 6.45) is 8.47. The predicted octanol–water partition coefficient (Wildman–Crippen LogP) is 0.452. The molecule has 0 fully saturated rings. The van der Waals surface area contributed by atoms with Crippen LogP contribution in [0, 0.1) is 0 Å². The minimum absolute atomic E-state index is 1.55. The van der Waals surface area contributed by atoms with E-state index in [2.05, 4.69) is 25.0 Å². The molecule has 2 heteroatoms. The molecule has 0 saturated carbocycles. The molecular weight excluding hydrogens is 94.1 g/mol. The summed E-state index contributed by atoms with van der Waals surface area (Å²) in [7, 11) is -1.55. The van der Waals surface area contributed by atoms with Crippen LogP contribution in [0.3, 0.4) is 0 Å². The molecule has 0 amide bonds. The van der Waals surface area contributed by atoms with Gasteiger partial charge in [-0.3, -0.25) is 9.35 Å². The van der Waals surface area contributed by atoms with Gasteiger partial charge in [-0.05, 0) is 25.0 Å². The molecule has 1 nitrogen and oxygen atoms in total. The van der Waals surface area contributed by atoms with Gasteiger partial charge in [0.25, 0.3) is 0 Å². The topological polar surface area (TPSA) is 26.0 Å². The zero-order valence-electron chi connectivity index (χ0n) is 5.02. The maximum atomic E-state index is 5.73. The lowest BCUT2D eigenvalue weighted by Crippen LogP contribution is -2.20. The smallest absolute Gasteiger partial charge is 0.0388 e. The van der Waals surface area contributed by atoms with Gasteiger partial charge in [0.1, 0.15) is 0 Å². The van der Waals surface area contributed by atoms with E-state index < -0.39 is 9.35 Å². The molecule has 0 heterocycles. The molecule has 0 aromatic heterocycles. The first kappa shape index (κ1) is 6.31. The summed E-state index contributed by atoms with van der Waals surface area (Å²) in [4.78, 5) is 0. The molecule has 0 spiro atoms. The molecule has 0 unspecified atom stereocenters. The van der Waals surface area contributed by atoms with Crippen LogP contribution in [0.1, 0.15) is 0 Å². The third-order valence-corrected chi connectivity index (χ3v) is 0. The van der Waals surface area contributed by atoms with Crippen LogP contribution in [-0.4, -0.2) is 25.0 Å². The molecule has 6 heavy (non-hydrogen) atoms. The van der Waals surface area contributed by atoms with Crippen LogP contribution >= 0.6 is 9.35 Å². The SMILES string of the molecule is C[SH](C)(C)(C)N. The molecule has 0 aromatic carbocycles. The fraction of sp³-hybridized carbons (Fsp3) is 1.00. The van der Waals surface area contributed by atoms with Crippen molar-refractivity contribution in [3.8, 4) is 0 Å². The van der Waals surface area contributed by atoms with Crippen molar-refractivity contribution < 1.29 is 0 Å². The maximum Gasteiger partial charge on any atom is -0.0388 e. The van der Waals surface area contributed by atoms with Crippen LogP contribution in [0.5, 0.6) is 0 Å². The maximum absolute atomic E-state index is 5.73. The fourth-order valence-electron chi connectivity index (χ4n) is 0. The second-order valence-electron chi connectivity index (χ2n) is 3.72. The van der Waals surface area contributed by atoms with E-state index in [0.717, 1.165) is 0 Å². The molecule has 0 aromatic rings. The Morgan fingerprint density at radius 3 is 1.00 bits per heavy atom. The largest absolute Gasteiger partial charge is 0.310 e. The highest BCUT2D eigenvalue weighted by Crippen LogP contribution is 2.45. The Hall–Kier alpha value is 0.310. The van der Waals surface area contributed by atoms with Crippen LogP contribution in [0.4, 0.5) is 0 Å². The van der Waals surface area contributed by atoms with Gasteiger partial charge in [0.05, 0.1) is 0 Å². The summed E-state index contributed by atoms with van der Waals surface area (Å²) in [6.45, 7) is 0. The molecule has 2 N–H and O–H groups in total. The lowest BCUT2D eigenvalue weighted by Gasteiger charge is -2.41. The third-order valence-electron chi connectivity index (χ3n) is 0. The Balaban J connectivity index is 3.73. The quantitative estimate of drug-likeness (QED) is 0.434. The zero-order chi connectivity index (χ0) is 5.45. The summed E-state index contributed by atoms with van der Waals surface area (Å²) in [6, 6.07) is 0. The van der Waals surface area contributed by atoms with Crippen LogP contribution in [0.15, 0.2) is 0 Å². The van der Waals surface area contributed by atoms with Gasteiger partial charge >= 0.3 is 0 Å². The van der Waals surface area contributed by atoms with Gasteiger partial charge in [-0.15, -0.1) is 0 Å². The molecule has 42 valence electrons. The molecule has 0 aliphatic rings. The van der Waals surface area contributed by atoms with E-state index in [4.69, 9.17) is 5.14 Å². The highest BCUT2D eigenvalue weighted by atomic mass is 32.3. The van der Waals surface area contributed by atoms with Crippen LogP contribution in [0.2, 0.25) is 0 Å². The number of rotatable bonds is 0. The molecule has 0 bridgehead atoms. The second-order valence-corrected chi connectivity index (χ2v) is 11.1. The number of hydrogen-bond acceptors (Lipinski definition) is 1. The number of nitrogens with two attached hydrogens (primary N) is 1. The summed E-state index contributed by atoms with van der Waals surface area (Å²) < 4.78 is 0. The molecule has 0 saturated heterocycles. The minimum Gasteiger partial charge on any atom is -0.310 e. The van der Waals surface area contributed by atoms with Gasteiger partial charge in [0.2, 0.25) is 0 Å². The van der Waals surface area contributed by atoms with Crippen molar-refractivity contribution in [3.05, 3.63) is 0 Å². The van der Waals surface area contributed by atoms with Gasteiger partial charge in [-0.1, -0.05) is 0 Å². The highest BCUT2D eigenvalue weighted by Gasteiger charge is 2.07. The number of hydrogen-bond donors (Lipinski definition) is 2. The Kier molecular flexibility index (Phi) is 0.976. The predicted molar refractivity (Wildman–Crippen MR) is 36.9 cm³/mol. The van der Waals surface area contributed by atoms with Crippen LogP contribution in [0.25, 0.3) is 0 Å². The molecule has 0 aliphatic heterocycles. The van der Waals surface area contributed by atoms with E-state index in [1.165, 1.54) is 0 Å². The molecular formula is C4H15NS. The fourth-order valence-corrected chi connectivity index (χ4v) is 0. The summed E-state index contributed by atoms with van der Waals surface area (Å²) >= 11 is 0. The molecule has 0 atom stereocenters. The van der Waals surface area contributed by atoms with Crippen molar-refractivity contribution in [2.75, 3.05) is 25.0 Å². The van der Waals surface area contributed by atoms with E-state index >= 15 is 0 Å². The summed E-state index contributed by atoms with van der Waals surface area (Å²) in [5.41, 5.74) is 0. The second kappa shape index (κ2) is 0.928. The van der Waals surface area contributed by atoms with Crippen molar-refractivity contribution in [2.45, 2.75) is 0 Å². The van der Waals surface area contributed by atoms with E-state index in [1.807, 2.05) is 0 Å². The average molecular weight is 109 g/mol. The Morgan fingerprint density at radius 1 is 1.00 bits per heavy atom. The van der Waals surface area contributed by atoms with Gasteiger partial charge in [-0.2, -0.15) is 0 Å². The summed E-state index contributed by atoms with van der Waals surface area (Å²) in [5, 5.41) is 5.73. The molecule has 0 aliphatic carbocycles. The first-order valence-corrected chi connectivity index (χ1v) is 6.14. The van der Waals surface area contributed by atoms with E-state index in [0.29, 0.717) is 0 Å². The standard InChI is InChI=1S/C4H15NS/c1-6(2,3,4)5/h6H,5H2,1-4H3. The van der Waals surface area contributed by atoms with Gasteiger partial charge in [0, 0.05) is 0 Å². The van der Waals surface area contributed by atoms with E-state index in [-0.39, 0.29) is 0 Å². The van der Waals surface area contributed by atoms with Crippen molar-refractivity contribution in [2.24, 2.45) is 5.14 Å². The third kappa shape index (κ3) is 491. The molecule has 0 radical (unpaired) electrons. The first-order chi connectivity index (χ1) is 2.24. The van der Waals surface area contributed by atoms with Crippen molar-refractivity contribution >= 4 is 9.35 Å². The lowest BCUT2D eigenvalue weighted by atomic mass is 11.8. The summed E-state index contributed by atoms with van der Waals surface area (Å²) in [5.74, 6) is 0. The average Bonchev–Trinajstić information content (AvgIpc) is 0.650. The zero-order valence-corrected chi connectivity index (χ0v) is 5.92. The van der Waals surface area contributed by atoms with Crippen LogP contribution in [-0.2, 0) is 0 Å². The van der Waals surface area contributed by atoms with E-state index in [1.54, 1.807) is 0 Å². The Morgan fingerprint density at radius 2 is 1.00 bits per heavy atom. The minimum atomic E-state index is -1.55. The number of thiol groups is 1. The Labute approximate surface area is 40.3 Å². The lowest BCUT2D eigenvalue weighted by molar-refractivity contribution is 1.74. The van der Waals surface area contributed by atoms with Crippen molar-refractivity contribution in [1.29, 1.82) is 0 Å². The first-order valence-electron chi connectivity index (χ1n) is 2.05. The monoisotopic (exact) mass is 109 g/mol.